The minimum Gasteiger partial charge on any atom is -0.507 e. The molecule has 0 fully saturated rings. The third-order valence-corrected chi connectivity index (χ3v) is 4.19. The molecule has 5 heteroatoms. The van der Waals surface area contributed by atoms with Crippen molar-refractivity contribution < 1.29 is 14.2 Å². The highest BCUT2D eigenvalue weighted by Gasteiger charge is 2.19. The second-order valence-corrected chi connectivity index (χ2v) is 5.84. The predicted molar refractivity (Wildman–Crippen MR) is 96.4 cm³/mol. The lowest BCUT2D eigenvalue weighted by Crippen LogP contribution is -1.97. The lowest BCUT2D eigenvalue weighted by Gasteiger charge is -2.13. The molecule has 0 aliphatic rings. The highest BCUT2D eigenvalue weighted by molar-refractivity contribution is 5.85. The number of ether oxygens (including phenoxy) is 1. The van der Waals surface area contributed by atoms with Gasteiger partial charge in [-0.1, -0.05) is 19.1 Å². The van der Waals surface area contributed by atoms with Crippen molar-refractivity contribution in [1.29, 1.82) is 0 Å². The smallest absolute Gasteiger partial charge is 0.128 e. The van der Waals surface area contributed by atoms with Crippen LogP contribution in [0, 0.1) is 12.7 Å². The Morgan fingerprint density at radius 2 is 1.88 bits per heavy atom. The zero-order valence-corrected chi connectivity index (χ0v) is 14.6. The maximum absolute atomic E-state index is 13.3. The molecule has 0 aliphatic heterocycles. The molecule has 3 rings (SSSR count). The average Bonchev–Trinajstić information content (AvgIpc) is 2.98. The fourth-order valence-electron chi connectivity index (χ4n) is 2.96. The van der Waals surface area contributed by atoms with E-state index in [-0.39, 0.29) is 11.6 Å². The number of nitrogens with zero attached hydrogens (tertiary/aromatic N) is 1. The summed E-state index contributed by atoms with van der Waals surface area (Å²) >= 11 is 0. The van der Waals surface area contributed by atoms with Crippen LogP contribution >= 0.6 is 0 Å². The van der Waals surface area contributed by atoms with Gasteiger partial charge < -0.3 is 9.84 Å². The molecule has 25 heavy (non-hydrogen) atoms. The molecule has 0 saturated carbocycles. The van der Waals surface area contributed by atoms with E-state index in [2.05, 4.69) is 10.2 Å². The molecular weight excluding hydrogens is 319 g/mol. The van der Waals surface area contributed by atoms with Crippen LogP contribution in [0.3, 0.4) is 0 Å². The van der Waals surface area contributed by atoms with E-state index in [1.807, 2.05) is 26.8 Å². The zero-order chi connectivity index (χ0) is 18.0. The molecule has 1 heterocycles. The number of rotatable bonds is 5. The van der Waals surface area contributed by atoms with Crippen LogP contribution in [0.15, 0.2) is 36.4 Å². The van der Waals surface area contributed by atoms with E-state index in [1.54, 1.807) is 18.2 Å². The van der Waals surface area contributed by atoms with Gasteiger partial charge in [0.2, 0.25) is 0 Å². The first-order chi connectivity index (χ1) is 12.0. The van der Waals surface area contributed by atoms with Gasteiger partial charge in [-0.25, -0.2) is 4.39 Å². The van der Waals surface area contributed by atoms with Crippen LogP contribution in [0.5, 0.6) is 11.5 Å². The normalized spacial score (nSPS) is 10.9. The summed E-state index contributed by atoms with van der Waals surface area (Å²) in [5.74, 6) is 0.501. The van der Waals surface area contributed by atoms with Crippen molar-refractivity contribution in [3.05, 3.63) is 53.5 Å². The van der Waals surface area contributed by atoms with E-state index in [9.17, 15) is 9.50 Å². The second-order valence-electron chi connectivity index (χ2n) is 5.84. The molecule has 4 nitrogen and oxygen atoms in total. The van der Waals surface area contributed by atoms with Crippen LogP contribution < -0.4 is 4.74 Å². The Morgan fingerprint density at radius 1 is 1.16 bits per heavy atom. The first-order valence-corrected chi connectivity index (χ1v) is 8.35. The first kappa shape index (κ1) is 17.0. The second kappa shape index (κ2) is 6.97. The summed E-state index contributed by atoms with van der Waals surface area (Å²) in [7, 11) is 0. The first-order valence-electron chi connectivity index (χ1n) is 8.35. The van der Waals surface area contributed by atoms with Gasteiger partial charge in [0.1, 0.15) is 23.0 Å². The number of H-pyrrole nitrogens is 1. The van der Waals surface area contributed by atoms with Crippen LogP contribution in [0.25, 0.3) is 22.4 Å². The molecule has 2 aromatic carbocycles. The number of aromatic amines is 1. The number of hydrogen-bond donors (Lipinski definition) is 2. The number of halogens is 1. The molecule has 0 bridgehead atoms. The Kier molecular flexibility index (Phi) is 4.74. The number of nitrogens with one attached hydrogen (secondary N) is 1. The van der Waals surface area contributed by atoms with Gasteiger partial charge in [-0.3, -0.25) is 5.10 Å². The van der Waals surface area contributed by atoms with Gasteiger partial charge in [0.05, 0.1) is 6.61 Å². The fraction of sp³-hybridized carbons (Fsp3) is 0.250. The van der Waals surface area contributed by atoms with Crippen molar-refractivity contribution in [1.82, 2.24) is 10.2 Å². The van der Waals surface area contributed by atoms with E-state index in [0.29, 0.717) is 23.6 Å². The molecule has 3 aromatic rings. The Hall–Kier alpha value is -2.82. The van der Waals surface area contributed by atoms with E-state index >= 15 is 0 Å². The van der Waals surface area contributed by atoms with Crippen molar-refractivity contribution in [2.24, 2.45) is 0 Å². The molecular formula is C20H21FN2O2. The van der Waals surface area contributed by atoms with Crippen molar-refractivity contribution >= 4 is 0 Å². The Balaban J connectivity index is 2.16. The molecule has 0 amide bonds. The van der Waals surface area contributed by atoms with E-state index in [1.165, 1.54) is 12.1 Å². The molecule has 0 unspecified atom stereocenters. The Morgan fingerprint density at radius 3 is 2.52 bits per heavy atom. The monoisotopic (exact) mass is 340 g/mol. The topological polar surface area (TPSA) is 58.1 Å². The third-order valence-electron chi connectivity index (χ3n) is 4.19. The lowest BCUT2D eigenvalue weighted by molar-refractivity contribution is 0.334. The van der Waals surface area contributed by atoms with Crippen LogP contribution in [0.2, 0.25) is 0 Å². The van der Waals surface area contributed by atoms with E-state index in [0.717, 1.165) is 28.8 Å². The summed E-state index contributed by atoms with van der Waals surface area (Å²) in [6, 6.07) is 9.80. The molecule has 2 N–H and O–H groups in total. The quantitative estimate of drug-likeness (QED) is 0.697. The predicted octanol–water partition coefficient (Wildman–Crippen LogP) is 4.86. The standard InChI is InChI=1S/C20H21FN2O2/c1-4-13-10-16(17(24)11-18(13)25-5-2)20-19(12(3)22-23-20)14-6-8-15(21)9-7-14/h6-11,24H,4-5H2,1-3H3,(H,22,23). The number of aromatic nitrogens is 2. The Bertz CT molecular complexity index is 885. The summed E-state index contributed by atoms with van der Waals surface area (Å²) < 4.78 is 18.9. The van der Waals surface area contributed by atoms with Crippen molar-refractivity contribution in [2.75, 3.05) is 6.61 Å². The molecule has 0 radical (unpaired) electrons. The highest BCUT2D eigenvalue weighted by Crippen LogP contribution is 2.40. The number of benzene rings is 2. The number of phenolic OH excluding ortho intramolecular Hbond substituents is 1. The van der Waals surface area contributed by atoms with Gasteiger partial charge in [0.15, 0.2) is 0 Å². The number of aryl methyl sites for hydroxylation is 2. The van der Waals surface area contributed by atoms with Gasteiger partial charge >= 0.3 is 0 Å². The highest BCUT2D eigenvalue weighted by atomic mass is 19.1. The lowest BCUT2D eigenvalue weighted by atomic mass is 9.96. The number of aromatic hydroxyl groups is 1. The maximum atomic E-state index is 13.3. The molecule has 0 spiro atoms. The van der Waals surface area contributed by atoms with E-state index < -0.39 is 0 Å². The molecule has 0 atom stereocenters. The summed E-state index contributed by atoms with van der Waals surface area (Å²) in [6.45, 7) is 6.39. The number of hydrogen-bond acceptors (Lipinski definition) is 3. The average molecular weight is 340 g/mol. The van der Waals surface area contributed by atoms with Gasteiger partial charge in [0, 0.05) is 22.9 Å². The minimum absolute atomic E-state index is 0.107. The molecule has 1 aromatic heterocycles. The van der Waals surface area contributed by atoms with E-state index in [4.69, 9.17) is 4.74 Å². The molecule has 0 saturated heterocycles. The fourth-order valence-corrected chi connectivity index (χ4v) is 2.96. The van der Waals surface area contributed by atoms with Gasteiger partial charge in [-0.05, 0) is 49.6 Å². The van der Waals surface area contributed by atoms with Crippen LogP contribution in [-0.4, -0.2) is 21.9 Å². The van der Waals surface area contributed by atoms with Gasteiger partial charge in [-0.2, -0.15) is 5.10 Å². The number of phenols is 1. The van der Waals surface area contributed by atoms with Crippen molar-refractivity contribution in [3.63, 3.8) is 0 Å². The van der Waals surface area contributed by atoms with Crippen molar-refractivity contribution in [2.45, 2.75) is 27.2 Å². The SMILES string of the molecule is CCOc1cc(O)c(-c2n[nH]c(C)c2-c2ccc(F)cc2)cc1CC. The van der Waals surface area contributed by atoms with Crippen LogP contribution in [0.1, 0.15) is 25.1 Å². The molecule has 130 valence electrons. The Labute approximate surface area is 146 Å². The summed E-state index contributed by atoms with van der Waals surface area (Å²) in [4.78, 5) is 0. The third kappa shape index (κ3) is 3.22. The van der Waals surface area contributed by atoms with Gasteiger partial charge in [-0.15, -0.1) is 0 Å². The summed E-state index contributed by atoms with van der Waals surface area (Å²) in [5, 5.41) is 17.9. The zero-order valence-electron chi connectivity index (χ0n) is 14.6. The van der Waals surface area contributed by atoms with Crippen molar-refractivity contribution in [3.8, 4) is 33.9 Å². The largest absolute Gasteiger partial charge is 0.507 e. The van der Waals surface area contributed by atoms with Crippen LogP contribution in [-0.2, 0) is 6.42 Å². The van der Waals surface area contributed by atoms with Crippen LogP contribution in [0.4, 0.5) is 4.39 Å². The maximum Gasteiger partial charge on any atom is 0.128 e. The summed E-state index contributed by atoms with van der Waals surface area (Å²) in [6.07, 6.45) is 0.776. The van der Waals surface area contributed by atoms with Gasteiger partial charge in [0.25, 0.3) is 0 Å². The molecule has 0 aliphatic carbocycles. The summed E-state index contributed by atoms with van der Waals surface area (Å²) in [5.41, 5.74) is 4.81. The minimum atomic E-state index is -0.288.